The summed E-state index contributed by atoms with van der Waals surface area (Å²) in [5, 5.41) is 0. The molecule has 0 aromatic heterocycles. The second-order valence-electron chi connectivity index (χ2n) is 2.73. The van der Waals surface area contributed by atoms with Crippen LogP contribution in [0, 0.1) is 12.5 Å². The molecule has 0 nitrogen and oxygen atoms in total. The van der Waals surface area contributed by atoms with Crippen LogP contribution in [0.5, 0.6) is 0 Å². The van der Waals surface area contributed by atoms with Crippen LogP contribution in [0.25, 0.3) is 0 Å². The normalized spacial score (nSPS) is 17.7. The van der Waals surface area contributed by atoms with Gasteiger partial charge in [0.05, 0.1) is 0 Å². The molecule has 1 saturated carbocycles. The summed E-state index contributed by atoms with van der Waals surface area (Å²) >= 11 is 0.847. The topological polar surface area (TPSA) is 0 Å². The van der Waals surface area contributed by atoms with Crippen LogP contribution in [0.4, 0.5) is 0 Å². The van der Waals surface area contributed by atoms with Gasteiger partial charge in [-0.25, -0.2) is 6.58 Å². The molecule has 0 radical (unpaired) electrons. The third kappa shape index (κ3) is 5.68. The van der Waals surface area contributed by atoms with Gasteiger partial charge in [0.2, 0.25) is 0 Å². The molecule has 0 amide bonds. The molecule has 1 aliphatic carbocycles. The number of halogens is 1. The van der Waals surface area contributed by atoms with Gasteiger partial charge in [-0.05, 0) is 0 Å². The molecule has 0 atom stereocenters. The molecule has 0 unspecified atom stereocenters. The van der Waals surface area contributed by atoms with Crippen LogP contribution < -0.4 is 0 Å². The van der Waals surface area contributed by atoms with Gasteiger partial charge in [0.25, 0.3) is 0 Å². The van der Waals surface area contributed by atoms with Crippen LogP contribution in [-0.4, -0.2) is 0 Å². The predicted molar refractivity (Wildman–Crippen MR) is 44.8 cm³/mol. The Morgan fingerprint density at radius 3 is 2.27 bits per heavy atom. The van der Waals surface area contributed by atoms with Crippen molar-refractivity contribution in [2.75, 3.05) is 0 Å². The molecule has 0 bridgehead atoms. The number of rotatable bonds is 1. The second-order valence-corrected chi connectivity index (χ2v) is 2.73. The Bertz CT molecular complexity index is 122. The number of allylic oxidation sites excluding steroid dienone is 1. The molecule has 0 saturated heterocycles. The Labute approximate surface area is 83.4 Å². The zero-order valence-electron chi connectivity index (χ0n) is 6.85. The first kappa shape index (κ1) is 11.4. The fourth-order valence-electron chi connectivity index (χ4n) is 1.44. The van der Waals surface area contributed by atoms with E-state index in [1.807, 2.05) is 6.08 Å². The van der Waals surface area contributed by atoms with Crippen molar-refractivity contribution in [3.05, 3.63) is 18.4 Å². The summed E-state index contributed by atoms with van der Waals surface area (Å²) in [5.74, 6) is 0.740. The molecule has 1 aliphatic rings. The van der Waals surface area contributed by atoms with Crippen LogP contribution >= 0.6 is 9.69 Å². The van der Waals surface area contributed by atoms with Crippen molar-refractivity contribution >= 4 is 9.69 Å². The van der Waals surface area contributed by atoms with Gasteiger partial charge in [-0.15, -0.1) is 0 Å². The summed E-state index contributed by atoms with van der Waals surface area (Å²) in [4.78, 5) is 0. The maximum absolute atomic E-state index is 5.15. The van der Waals surface area contributed by atoms with Gasteiger partial charge >= 0.3 is 27.0 Å². The van der Waals surface area contributed by atoms with E-state index in [0.717, 1.165) is 23.2 Å². The molecule has 0 aliphatic heterocycles. The average Bonchev–Trinajstić information content (AvgIpc) is 2.11. The summed E-state index contributed by atoms with van der Waals surface area (Å²) < 4.78 is 0. The molecule has 58 valence electrons. The molecule has 0 heterocycles. The van der Waals surface area contributed by atoms with Gasteiger partial charge in [0, 0.05) is 0 Å². The van der Waals surface area contributed by atoms with Crippen LogP contribution in [0.15, 0.2) is 11.8 Å². The van der Waals surface area contributed by atoms with Crippen molar-refractivity contribution in [3.8, 4) is 0 Å². The maximum atomic E-state index is 5.15. The molecular weight excluding hydrogens is 209 g/mol. The van der Waals surface area contributed by atoms with Crippen LogP contribution in [-0.2, 0) is 17.3 Å². The molecule has 0 spiro atoms. The average molecular weight is 222 g/mol. The van der Waals surface area contributed by atoms with Crippen LogP contribution in [0.3, 0.4) is 0 Å². The van der Waals surface area contributed by atoms with E-state index < -0.39 is 0 Å². The first-order valence-electron chi connectivity index (χ1n) is 3.99. The predicted octanol–water partition coefficient (Wildman–Crippen LogP) is 3.40. The SMILES string of the molecule is [CH-]=C=CC1CCCCC1.[Cl][Zn+]. The summed E-state index contributed by atoms with van der Waals surface area (Å²) in [7, 11) is 4.76. The molecular formula is C9H13ClZn. The third-order valence-corrected chi connectivity index (χ3v) is 1.98. The van der Waals surface area contributed by atoms with Crippen molar-refractivity contribution in [2.45, 2.75) is 32.1 Å². The fraction of sp³-hybridized carbons (Fsp3) is 0.667. The van der Waals surface area contributed by atoms with E-state index in [-0.39, 0.29) is 0 Å². The van der Waals surface area contributed by atoms with Crippen LogP contribution in [0.1, 0.15) is 32.1 Å². The zero-order valence-corrected chi connectivity index (χ0v) is 10.6. The number of hydrogen-bond acceptors (Lipinski definition) is 0. The van der Waals surface area contributed by atoms with Crippen molar-refractivity contribution in [1.29, 1.82) is 0 Å². The molecule has 0 aromatic rings. The third-order valence-electron chi connectivity index (χ3n) is 1.98. The van der Waals surface area contributed by atoms with E-state index in [0.29, 0.717) is 0 Å². The van der Waals surface area contributed by atoms with Crippen molar-refractivity contribution < 1.29 is 17.3 Å². The summed E-state index contributed by atoms with van der Waals surface area (Å²) in [5.41, 5.74) is 2.61. The van der Waals surface area contributed by atoms with E-state index in [2.05, 4.69) is 5.73 Å². The second kappa shape index (κ2) is 8.53. The Morgan fingerprint density at radius 2 is 1.82 bits per heavy atom. The van der Waals surface area contributed by atoms with Crippen molar-refractivity contribution in [2.24, 2.45) is 5.92 Å². The molecule has 0 N–H and O–H groups in total. The van der Waals surface area contributed by atoms with Gasteiger partial charge in [0.15, 0.2) is 0 Å². The van der Waals surface area contributed by atoms with E-state index in [1.165, 1.54) is 32.1 Å². The molecule has 1 fully saturated rings. The van der Waals surface area contributed by atoms with Crippen molar-refractivity contribution in [1.82, 2.24) is 0 Å². The van der Waals surface area contributed by atoms with E-state index in [9.17, 15) is 0 Å². The van der Waals surface area contributed by atoms with Gasteiger partial charge < -0.3 is 5.73 Å². The minimum absolute atomic E-state index is 0.740. The Balaban J connectivity index is 0.000000461. The van der Waals surface area contributed by atoms with E-state index in [1.54, 1.807) is 0 Å². The Morgan fingerprint density at radius 1 is 1.27 bits per heavy atom. The standard InChI is InChI=1S/C9H13.ClH.Zn/c1-2-6-9-7-4-3-5-8-9;;/h1,6,9H,3-5,7-8H2;1H;/q-1;;+2/p-1. The molecule has 1 rings (SSSR count). The summed E-state index contributed by atoms with van der Waals surface area (Å²) in [6.07, 6.45) is 8.83. The van der Waals surface area contributed by atoms with Gasteiger partial charge in [-0.1, -0.05) is 38.0 Å². The zero-order chi connectivity index (χ0) is 8.53. The Kier molecular flexibility index (Phi) is 8.87. The minimum atomic E-state index is 0.740. The first-order chi connectivity index (χ1) is 5.43. The fourth-order valence-corrected chi connectivity index (χ4v) is 1.44. The van der Waals surface area contributed by atoms with E-state index >= 15 is 0 Å². The molecule has 11 heavy (non-hydrogen) atoms. The molecule has 2 heteroatoms. The van der Waals surface area contributed by atoms with Gasteiger partial charge in [-0.2, -0.15) is 6.08 Å². The summed E-state index contributed by atoms with van der Waals surface area (Å²) in [6.45, 7) is 5.15. The van der Waals surface area contributed by atoms with Gasteiger partial charge in [0.1, 0.15) is 0 Å². The Hall–Kier alpha value is 0.433. The number of hydrogen-bond donors (Lipinski definition) is 0. The quantitative estimate of drug-likeness (QED) is 0.362. The first-order valence-corrected chi connectivity index (χ1v) is 7.89. The van der Waals surface area contributed by atoms with Gasteiger partial charge in [-0.3, -0.25) is 0 Å². The van der Waals surface area contributed by atoms with Crippen LogP contribution in [0.2, 0.25) is 0 Å². The summed E-state index contributed by atoms with van der Waals surface area (Å²) in [6, 6.07) is 0. The van der Waals surface area contributed by atoms with E-state index in [4.69, 9.17) is 16.3 Å². The molecule has 0 aromatic carbocycles. The monoisotopic (exact) mass is 220 g/mol. The van der Waals surface area contributed by atoms with Crippen molar-refractivity contribution in [3.63, 3.8) is 0 Å².